The van der Waals surface area contributed by atoms with Crippen LogP contribution in [0.15, 0.2) is 0 Å². The molecule has 24 heavy (non-hydrogen) atoms. The van der Waals surface area contributed by atoms with Crippen LogP contribution in [-0.4, -0.2) is 24.6 Å². The minimum Gasteiger partial charge on any atom is -0.462 e. The maximum absolute atomic E-state index is 11.9. The first-order chi connectivity index (χ1) is 11.5. The van der Waals surface area contributed by atoms with Crippen molar-refractivity contribution in [2.45, 2.75) is 104 Å². The Morgan fingerprint density at radius 3 is 1.83 bits per heavy atom. The number of carbonyl (C=O) groups is 2. The molecule has 0 fully saturated rings. The molecular formula is C20H38O4. The average molecular weight is 343 g/mol. The Morgan fingerprint density at radius 2 is 1.33 bits per heavy atom. The van der Waals surface area contributed by atoms with E-state index in [2.05, 4.69) is 27.7 Å². The van der Waals surface area contributed by atoms with Crippen LogP contribution in [-0.2, 0) is 19.1 Å². The van der Waals surface area contributed by atoms with E-state index in [0.29, 0.717) is 18.8 Å². The van der Waals surface area contributed by atoms with Gasteiger partial charge in [0, 0.05) is 12.8 Å². The Labute approximate surface area is 148 Å². The Bertz CT molecular complexity index is 326. The molecule has 1 unspecified atom stereocenters. The van der Waals surface area contributed by atoms with Crippen LogP contribution in [0.25, 0.3) is 0 Å². The standard InChI is InChI=1S/C20H38O4/c1-5-7-9-11-13-19(21)23-16-18(15-17(3)4)24-20(22)14-12-10-8-6-2/h17-18H,5-16H2,1-4H3. The molecule has 0 spiro atoms. The minimum absolute atomic E-state index is 0.171. The zero-order valence-corrected chi connectivity index (χ0v) is 16.3. The summed E-state index contributed by atoms with van der Waals surface area (Å²) in [4.78, 5) is 23.7. The third-order valence-corrected chi connectivity index (χ3v) is 3.93. The summed E-state index contributed by atoms with van der Waals surface area (Å²) in [6.45, 7) is 8.63. The highest BCUT2D eigenvalue weighted by Crippen LogP contribution is 2.12. The van der Waals surface area contributed by atoms with Crippen LogP contribution in [0.4, 0.5) is 0 Å². The van der Waals surface area contributed by atoms with Gasteiger partial charge >= 0.3 is 11.9 Å². The van der Waals surface area contributed by atoms with Crippen LogP contribution in [0.5, 0.6) is 0 Å². The van der Waals surface area contributed by atoms with E-state index in [1.54, 1.807) is 0 Å². The van der Waals surface area contributed by atoms with Gasteiger partial charge in [0.25, 0.3) is 0 Å². The van der Waals surface area contributed by atoms with Gasteiger partial charge in [-0.25, -0.2) is 0 Å². The summed E-state index contributed by atoms with van der Waals surface area (Å²) in [5.74, 6) is 0.0424. The maximum atomic E-state index is 11.9. The number of unbranched alkanes of at least 4 members (excludes halogenated alkanes) is 6. The van der Waals surface area contributed by atoms with Crippen LogP contribution in [0.1, 0.15) is 98.3 Å². The van der Waals surface area contributed by atoms with Gasteiger partial charge < -0.3 is 9.47 Å². The van der Waals surface area contributed by atoms with E-state index >= 15 is 0 Å². The van der Waals surface area contributed by atoms with Gasteiger partial charge in [-0.15, -0.1) is 0 Å². The lowest BCUT2D eigenvalue weighted by molar-refractivity contribution is -0.160. The highest BCUT2D eigenvalue weighted by atomic mass is 16.6. The zero-order chi connectivity index (χ0) is 18.2. The van der Waals surface area contributed by atoms with E-state index in [1.165, 1.54) is 0 Å². The van der Waals surface area contributed by atoms with Crippen molar-refractivity contribution in [3.63, 3.8) is 0 Å². The molecule has 4 heteroatoms. The highest BCUT2D eigenvalue weighted by Gasteiger charge is 2.18. The van der Waals surface area contributed by atoms with Crippen LogP contribution in [0.2, 0.25) is 0 Å². The van der Waals surface area contributed by atoms with Crippen LogP contribution in [0.3, 0.4) is 0 Å². The molecule has 0 radical (unpaired) electrons. The largest absolute Gasteiger partial charge is 0.462 e. The van der Waals surface area contributed by atoms with Gasteiger partial charge in [-0.05, 0) is 25.2 Å². The first kappa shape index (κ1) is 22.9. The van der Waals surface area contributed by atoms with Crippen molar-refractivity contribution < 1.29 is 19.1 Å². The summed E-state index contributed by atoms with van der Waals surface area (Å²) >= 11 is 0. The molecule has 142 valence electrons. The van der Waals surface area contributed by atoms with Crippen molar-refractivity contribution in [3.8, 4) is 0 Å². The summed E-state index contributed by atoms with van der Waals surface area (Å²) in [6.07, 6.45) is 9.81. The molecule has 0 aromatic rings. The van der Waals surface area contributed by atoms with Crippen LogP contribution >= 0.6 is 0 Å². The summed E-state index contributed by atoms with van der Waals surface area (Å²) in [6, 6.07) is 0. The Balaban J connectivity index is 4.07. The molecule has 0 saturated heterocycles. The quantitative estimate of drug-likeness (QED) is 0.294. The summed E-state index contributed by atoms with van der Waals surface area (Å²) in [5.41, 5.74) is 0. The van der Waals surface area contributed by atoms with Gasteiger partial charge in [0.1, 0.15) is 12.7 Å². The van der Waals surface area contributed by atoms with E-state index in [1.807, 2.05) is 0 Å². The fourth-order valence-electron chi connectivity index (χ4n) is 2.57. The van der Waals surface area contributed by atoms with Gasteiger partial charge in [-0.3, -0.25) is 9.59 Å². The van der Waals surface area contributed by atoms with Gasteiger partial charge in [-0.1, -0.05) is 66.2 Å². The fraction of sp³-hybridized carbons (Fsp3) is 0.900. The molecule has 0 aromatic carbocycles. The number of hydrogen-bond acceptors (Lipinski definition) is 4. The molecule has 0 aromatic heterocycles. The number of rotatable bonds is 15. The summed E-state index contributed by atoms with van der Waals surface area (Å²) in [5, 5.41) is 0. The molecule has 1 atom stereocenters. The van der Waals surface area contributed by atoms with E-state index in [9.17, 15) is 9.59 Å². The van der Waals surface area contributed by atoms with Crippen LogP contribution < -0.4 is 0 Å². The maximum Gasteiger partial charge on any atom is 0.306 e. The van der Waals surface area contributed by atoms with E-state index < -0.39 is 0 Å². The molecule has 0 N–H and O–H groups in total. The van der Waals surface area contributed by atoms with Crippen molar-refractivity contribution in [1.82, 2.24) is 0 Å². The number of ether oxygens (including phenoxy) is 2. The highest BCUT2D eigenvalue weighted by molar-refractivity contribution is 5.70. The summed E-state index contributed by atoms with van der Waals surface area (Å²) in [7, 11) is 0. The number of esters is 2. The molecule has 0 saturated carbocycles. The molecular weight excluding hydrogens is 304 g/mol. The molecule has 0 bridgehead atoms. The lowest BCUT2D eigenvalue weighted by Gasteiger charge is -2.19. The van der Waals surface area contributed by atoms with Crippen molar-refractivity contribution in [2.75, 3.05) is 6.61 Å². The third-order valence-electron chi connectivity index (χ3n) is 3.93. The molecule has 0 heterocycles. The number of hydrogen-bond donors (Lipinski definition) is 0. The molecule has 0 aliphatic rings. The molecule has 0 amide bonds. The second-order valence-corrected chi connectivity index (χ2v) is 7.05. The zero-order valence-electron chi connectivity index (χ0n) is 16.3. The van der Waals surface area contributed by atoms with E-state index in [4.69, 9.17) is 9.47 Å². The van der Waals surface area contributed by atoms with E-state index in [-0.39, 0.29) is 24.6 Å². The molecule has 4 nitrogen and oxygen atoms in total. The van der Waals surface area contributed by atoms with Gasteiger partial charge in [-0.2, -0.15) is 0 Å². The Morgan fingerprint density at radius 1 is 0.792 bits per heavy atom. The lowest BCUT2D eigenvalue weighted by atomic mass is 10.1. The fourth-order valence-corrected chi connectivity index (χ4v) is 2.57. The normalized spacial score (nSPS) is 12.2. The SMILES string of the molecule is CCCCCCC(=O)OCC(CC(C)C)OC(=O)CCCCCC. The first-order valence-electron chi connectivity index (χ1n) is 9.84. The van der Waals surface area contributed by atoms with Gasteiger partial charge in [0.2, 0.25) is 0 Å². The topological polar surface area (TPSA) is 52.6 Å². The smallest absolute Gasteiger partial charge is 0.306 e. The monoisotopic (exact) mass is 342 g/mol. The predicted octanol–water partition coefficient (Wildman–Crippen LogP) is 5.43. The second-order valence-electron chi connectivity index (χ2n) is 7.05. The third kappa shape index (κ3) is 14.5. The van der Waals surface area contributed by atoms with E-state index in [0.717, 1.165) is 57.8 Å². The average Bonchev–Trinajstić information content (AvgIpc) is 2.53. The Kier molecular flexibility index (Phi) is 14.8. The van der Waals surface area contributed by atoms with Crippen molar-refractivity contribution >= 4 is 11.9 Å². The van der Waals surface area contributed by atoms with Crippen molar-refractivity contribution in [3.05, 3.63) is 0 Å². The minimum atomic E-state index is -0.316. The molecule has 0 aliphatic heterocycles. The van der Waals surface area contributed by atoms with Gasteiger partial charge in [0.05, 0.1) is 0 Å². The van der Waals surface area contributed by atoms with Crippen molar-refractivity contribution in [1.29, 1.82) is 0 Å². The molecule has 0 rings (SSSR count). The number of carbonyl (C=O) groups excluding carboxylic acids is 2. The first-order valence-corrected chi connectivity index (χ1v) is 9.84. The predicted molar refractivity (Wildman–Crippen MR) is 97.8 cm³/mol. The van der Waals surface area contributed by atoms with Crippen LogP contribution in [0, 0.1) is 5.92 Å². The summed E-state index contributed by atoms with van der Waals surface area (Å²) < 4.78 is 10.8. The lowest BCUT2D eigenvalue weighted by Crippen LogP contribution is -2.26. The molecule has 0 aliphatic carbocycles. The Hall–Kier alpha value is -1.06. The van der Waals surface area contributed by atoms with Crippen molar-refractivity contribution in [2.24, 2.45) is 5.92 Å². The second kappa shape index (κ2) is 15.5. The van der Waals surface area contributed by atoms with Gasteiger partial charge in [0.15, 0.2) is 0 Å².